The molecule has 0 bridgehead atoms. The van der Waals surface area contributed by atoms with Crippen LogP contribution in [0.15, 0.2) is 53.4 Å². The number of fused-ring (bicyclic) bond motifs is 1. The first-order valence-corrected chi connectivity index (χ1v) is 10.4. The van der Waals surface area contributed by atoms with E-state index in [0.29, 0.717) is 10.7 Å². The number of amides is 2. The first kappa shape index (κ1) is 19.4. The highest BCUT2D eigenvalue weighted by molar-refractivity contribution is 8.00. The number of anilines is 1. The molecule has 0 aliphatic rings. The zero-order chi connectivity index (χ0) is 19.4. The van der Waals surface area contributed by atoms with Crippen LogP contribution in [-0.4, -0.2) is 35.6 Å². The molecule has 3 rings (SSSR count). The maximum absolute atomic E-state index is 13.0. The normalized spacial score (nSPS) is 11.0. The molecule has 0 unspecified atom stereocenters. The van der Waals surface area contributed by atoms with E-state index in [9.17, 15) is 9.59 Å². The number of nitrogens with zero attached hydrogens (tertiary/aromatic N) is 2. The summed E-state index contributed by atoms with van der Waals surface area (Å²) in [4.78, 5) is 31.9. The van der Waals surface area contributed by atoms with E-state index in [1.165, 1.54) is 23.1 Å². The summed E-state index contributed by atoms with van der Waals surface area (Å²) in [5, 5.41) is 3.51. The summed E-state index contributed by atoms with van der Waals surface area (Å²) >= 11 is 2.85. The Kier molecular flexibility index (Phi) is 6.13. The number of benzene rings is 2. The highest BCUT2D eigenvalue weighted by Gasteiger charge is 2.20. The smallest absolute Gasteiger partial charge is 0.260 e. The Morgan fingerprint density at radius 1 is 1.15 bits per heavy atom. The lowest BCUT2D eigenvalue weighted by Gasteiger charge is -2.16. The van der Waals surface area contributed by atoms with Gasteiger partial charge in [0.15, 0.2) is 5.13 Å². The average molecular weight is 400 g/mol. The number of thiazole rings is 1. The Balaban J connectivity index is 1.78. The molecule has 0 saturated heterocycles. The highest BCUT2D eigenvalue weighted by Crippen LogP contribution is 2.30. The molecule has 7 heteroatoms. The van der Waals surface area contributed by atoms with Crippen LogP contribution in [-0.2, 0) is 4.79 Å². The van der Waals surface area contributed by atoms with E-state index in [2.05, 4.69) is 10.3 Å². The second-order valence-corrected chi connectivity index (χ2v) is 8.36. The largest absolute Gasteiger partial charge is 0.353 e. The Labute approximate surface area is 166 Å². The van der Waals surface area contributed by atoms with Crippen LogP contribution in [0, 0.1) is 0 Å². The lowest BCUT2D eigenvalue weighted by atomic mass is 10.2. The van der Waals surface area contributed by atoms with Gasteiger partial charge in [-0.3, -0.25) is 14.5 Å². The van der Waals surface area contributed by atoms with Gasteiger partial charge in [0, 0.05) is 18.0 Å². The number of hydrogen-bond donors (Lipinski definition) is 1. The predicted molar refractivity (Wildman–Crippen MR) is 113 cm³/mol. The van der Waals surface area contributed by atoms with Gasteiger partial charge in [-0.1, -0.05) is 35.6 Å². The Hall–Kier alpha value is -2.38. The van der Waals surface area contributed by atoms with Crippen LogP contribution in [0.1, 0.15) is 24.2 Å². The van der Waals surface area contributed by atoms with E-state index >= 15 is 0 Å². The van der Waals surface area contributed by atoms with Crippen LogP contribution in [0.25, 0.3) is 10.2 Å². The summed E-state index contributed by atoms with van der Waals surface area (Å²) in [7, 11) is 1.73. The molecule has 1 heterocycles. The summed E-state index contributed by atoms with van der Waals surface area (Å²) < 4.78 is 1.04. The number of carbonyl (C=O) groups excluding carboxylic acids is 2. The maximum atomic E-state index is 13.0. The summed E-state index contributed by atoms with van der Waals surface area (Å²) in [6, 6.07) is 15.3. The number of hydrogen-bond acceptors (Lipinski definition) is 5. The molecule has 0 spiro atoms. The first-order chi connectivity index (χ1) is 13.0. The first-order valence-electron chi connectivity index (χ1n) is 8.60. The van der Waals surface area contributed by atoms with Crippen LogP contribution in [0.5, 0.6) is 0 Å². The molecule has 0 atom stereocenters. The Morgan fingerprint density at radius 3 is 2.59 bits per heavy atom. The fourth-order valence-electron chi connectivity index (χ4n) is 2.55. The molecule has 3 aromatic rings. The molecule has 0 radical (unpaired) electrons. The van der Waals surface area contributed by atoms with Gasteiger partial charge < -0.3 is 5.32 Å². The third kappa shape index (κ3) is 4.67. The minimum atomic E-state index is -0.138. The quantitative estimate of drug-likeness (QED) is 0.632. The van der Waals surface area contributed by atoms with E-state index < -0.39 is 0 Å². The van der Waals surface area contributed by atoms with Gasteiger partial charge in [-0.25, -0.2) is 4.98 Å². The Bertz CT molecular complexity index is 936. The second-order valence-electron chi connectivity index (χ2n) is 6.34. The molecule has 0 aliphatic heterocycles. The SMILES string of the molecule is CC(C)NC(=O)CSc1ccccc1C(=O)N(C)c1nc2ccccc2s1. The van der Waals surface area contributed by atoms with Gasteiger partial charge in [-0.15, -0.1) is 11.8 Å². The summed E-state index contributed by atoms with van der Waals surface area (Å²) in [6.45, 7) is 3.85. The van der Waals surface area contributed by atoms with E-state index in [1.807, 2.05) is 56.3 Å². The Morgan fingerprint density at radius 2 is 1.85 bits per heavy atom. The van der Waals surface area contributed by atoms with Crippen molar-refractivity contribution in [1.82, 2.24) is 10.3 Å². The summed E-state index contributed by atoms with van der Waals surface area (Å²) in [5.74, 6) is 0.0889. The number of para-hydroxylation sites is 1. The van der Waals surface area contributed by atoms with Gasteiger partial charge in [0.25, 0.3) is 5.91 Å². The zero-order valence-corrected chi connectivity index (χ0v) is 17.1. The topological polar surface area (TPSA) is 62.3 Å². The van der Waals surface area contributed by atoms with Crippen molar-refractivity contribution in [2.45, 2.75) is 24.8 Å². The molecular formula is C20H21N3O2S2. The van der Waals surface area contributed by atoms with Crippen molar-refractivity contribution in [2.75, 3.05) is 17.7 Å². The molecule has 2 aromatic carbocycles. The van der Waals surface area contributed by atoms with Crippen molar-refractivity contribution < 1.29 is 9.59 Å². The minimum Gasteiger partial charge on any atom is -0.353 e. The van der Waals surface area contributed by atoms with Crippen molar-refractivity contribution in [3.05, 3.63) is 54.1 Å². The van der Waals surface area contributed by atoms with Gasteiger partial charge >= 0.3 is 0 Å². The molecule has 140 valence electrons. The molecule has 0 fully saturated rings. The molecule has 0 saturated carbocycles. The predicted octanol–water partition coefficient (Wildman–Crippen LogP) is 4.19. The lowest BCUT2D eigenvalue weighted by molar-refractivity contribution is -0.119. The van der Waals surface area contributed by atoms with Crippen molar-refractivity contribution >= 4 is 50.3 Å². The maximum Gasteiger partial charge on any atom is 0.260 e. The number of rotatable bonds is 6. The van der Waals surface area contributed by atoms with Gasteiger partial charge in [0.2, 0.25) is 5.91 Å². The third-order valence-electron chi connectivity index (χ3n) is 3.80. The van der Waals surface area contributed by atoms with E-state index in [-0.39, 0.29) is 23.6 Å². The van der Waals surface area contributed by atoms with Crippen LogP contribution in [0.4, 0.5) is 5.13 Å². The van der Waals surface area contributed by atoms with E-state index in [4.69, 9.17) is 0 Å². The molecule has 1 aromatic heterocycles. The fraction of sp³-hybridized carbons (Fsp3) is 0.250. The lowest BCUT2D eigenvalue weighted by Crippen LogP contribution is -2.31. The van der Waals surface area contributed by atoms with Crippen LogP contribution >= 0.6 is 23.1 Å². The monoisotopic (exact) mass is 399 g/mol. The molecule has 0 aliphatic carbocycles. The van der Waals surface area contributed by atoms with E-state index in [1.54, 1.807) is 18.0 Å². The molecule has 2 amide bonds. The van der Waals surface area contributed by atoms with Crippen LogP contribution < -0.4 is 10.2 Å². The number of nitrogens with one attached hydrogen (secondary N) is 1. The molecular weight excluding hydrogens is 378 g/mol. The van der Waals surface area contributed by atoms with Crippen molar-refractivity contribution in [3.63, 3.8) is 0 Å². The highest BCUT2D eigenvalue weighted by atomic mass is 32.2. The third-order valence-corrected chi connectivity index (χ3v) is 5.99. The van der Waals surface area contributed by atoms with Crippen LogP contribution in [0.2, 0.25) is 0 Å². The second kappa shape index (κ2) is 8.54. The van der Waals surface area contributed by atoms with Crippen molar-refractivity contribution in [3.8, 4) is 0 Å². The minimum absolute atomic E-state index is 0.0446. The van der Waals surface area contributed by atoms with E-state index in [0.717, 1.165) is 15.1 Å². The zero-order valence-electron chi connectivity index (χ0n) is 15.4. The van der Waals surface area contributed by atoms with Gasteiger partial charge in [-0.2, -0.15) is 0 Å². The van der Waals surface area contributed by atoms with Gasteiger partial charge in [0.1, 0.15) is 0 Å². The molecule has 1 N–H and O–H groups in total. The van der Waals surface area contributed by atoms with Crippen molar-refractivity contribution in [2.24, 2.45) is 0 Å². The number of thioether (sulfide) groups is 1. The van der Waals surface area contributed by atoms with Gasteiger partial charge in [-0.05, 0) is 38.1 Å². The summed E-state index contributed by atoms with van der Waals surface area (Å²) in [5.41, 5.74) is 1.45. The van der Waals surface area contributed by atoms with Crippen molar-refractivity contribution in [1.29, 1.82) is 0 Å². The fourth-order valence-corrected chi connectivity index (χ4v) is 4.33. The molecule has 5 nitrogen and oxygen atoms in total. The van der Waals surface area contributed by atoms with Crippen LogP contribution in [0.3, 0.4) is 0 Å². The number of aromatic nitrogens is 1. The summed E-state index contributed by atoms with van der Waals surface area (Å²) in [6.07, 6.45) is 0. The number of carbonyl (C=O) groups is 2. The standard InChI is InChI=1S/C20H21N3O2S2/c1-13(2)21-18(24)12-26-16-10-6-4-8-14(16)19(25)23(3)20-22-15-9-5-7-11-17(15)27-20/h4-11,13H,12H2,1-3H3,(H,21,24). The van der Waals surface area contributed by atoms with Gasteiger partial charge in [0.05, 0.1) is 21.5 Å². The average Bonchev–Trinajstić information content (AvgIpc) is 3.09. The molecule has 27 heavy (non-hydrogen) atoms.